The largest absolute Gasteiger partial charge is 0.486 e. The Morgan fingerprint density at radius 3 is 2.50 bits per heavy atom. The van der Waals surface area contributed by atoms with Crippen LogP contribution in [0.3, 0.4) is 0 Å². The highest BCUT2D eigenvalue weighted by Gasteiger charge is 2.24. The zero-order chi connectivity index (χ0) is 19.7. The lowest BCUT2D eigenvalue weighted by molar-refractivity contribution is -0.383. The number of aryl methyl sites for hydroxylation is 2. The molecule has 0 radical (unpaired) electrons. The first kappa shape index (κ1) is 17.9. The minimum atomic E-state index is -0.532. The second kappa shape index (κ2) is 7.27. The Kier molecular flexibility index (Phi) is 4.65. The van der Waals surface area contributed by atoms with E-state index in [9.17, 15) is 10.1 Å². The van der Waals surface area contributed by atoms with Crippen LogP contribution in [0, 0.1) is 24.0 Å². The van der Waals surface area contributed by atoms with E-state index >= 15 is 0 Å². The van der Waals surface area contributed by atoms with Crippen molar-refractivity contribution in [2.45, 2.75) is 13.8 Å². The third-order valence-electron chi connectivity index (χ3n) is 4.06. The summed E-state index contributed by atoms with van der Waals surface area (Å²) in [5, 5.41) is 18.1. The van der Waals surface area contributed by atoms with Gasteiger partial charge in [-0.3, -0.25) is 10.1 Å². The summed E-state index contributed by atoms with van der Waals surface area (Å²) in [6.07, 6.45) is 1.25. The van der Waals surface area contributed by atoms with Crippen molar-refractivity contribution in [3.63, 3.8) is 0 Å². The van der Waals surface area contributed by atoms with E-state index < -0.39 is 4.92 Å². The lowest BCUT2D eigenvalue weighted by atomic mass is 10.2. The van der Waals surface area contributed by atoms with Crippen molar-refractivity contribution in [3.05, 3.63) is 45.2 Å². The predicted octanol–water partition coefficient (Wildman–Crippen LogP) is 3.72. The molecule has 0 amide bonds. The number of hydrogen-bond acceptors (Lipinski definition) is 10. The second-order valence-electron chi connectivity index (χ2n) is 5.95. The van der Waals surface area contributed by atoms with Gasteiger partial charge in [-0.15, -0.1) is 11.3 Å². The van der Waals surface area contributed by atoms with Crippen LogP contribution in [0.4, 0.5) is 28.1 Å². The number of ether oxygens (including phenoxy) is 2. The summed E-state index contributed by atoms with van der Waals surface area (Å²) < 4.78 is 11.0. The summed E-state index contributed by atoms with van der Waals surface area (Å²) in [5.41, 5.74) is 1.17. The molecule has 0 fully saturated rings. The first-order valence-electron chi connectivity index (χ1n) is 8.38. The van der Waals surface area contributed by atoms with E-state index in [0.717, 1.165) is 10.6 Å². The van der Waals surface area contributed by atoms with Crippen molar-refractivity contribution in [3.8, 4) is 11.5 Å². The number of nitro groups is 1. The smallest absolute Gasteiger partial charge is 0.353 e. The normalized spacial score (nSPS) is 12.5. The molecule has 144 valence electrons. The topological polar surface area (TPSA) is 124 Å². The van der Waals surface area contributed by atoms with E-state index in [-0.39, 0.29) is 17.3 Å². The fourth-order valence-corrected chi connectivity index (χ4v) is 3.43. The zero-order valence-corrected chi connectivity index (χ0v) is 15.9. The lowest BCUT2D eigenvalue weighted by Crippen LogP contribution is -2.15. The highest BCUT2D eigenvalue weighted by molar-refractivity contribution is 7.15. The molecule has 28 heavy (non-hydrogen) atoms. The number of fused-ring (bicyclic) bond motifs is 1. The van der Waals surface area contributed by atoms with Crippen LogP contribution >= 0.6 is 11.3 Å². The van der Waals surface area contributed by atoms with Crippen LogP contribution in [-0.2, 0) is 0 Å². The van der Waals surface area contributed by atoms with Crippen molar-refractivity contribution in [1.29, 1.82) is 0 Å². The quantitative estimate of drug-likeness (QED) is 0.487. The van der Waals surface area contributed by atoms with Gasteiger partial charge in [0.2, 0.25) is 11.6 Å². The Bertz CT molecular complexity index is 1030. The standard InChI is InChI=1S/C17H16N6O4S/c1-9-10(2)28-17(20-9)22-16-14(23(24)25)15(18-8-19-16)21-11-3-4-12-13(7-11)27-6-5-26-12/h3-4,7-8H,5-6H2,1-2H3,(H2,18,19,20,21,22). The average molecular weight is 400 g/mol. The van der Waals surface area contributed by atoms with Crippen LogP contribution in [0.25, 0.3) is 0 Å². The Morgan fingerprint density at radius 2 is 1.82 bits per heavy atom. The number of nitrogens with one attached hydrogen (secondary N) is 2. The average Bonchev–Trinajstić information content (AvgIpc) is 2.98. The molecule has 11 heteroatoms. The van der Waals surface area contributed by atoms with Crippen molar-refractivity contribution in [1.82, 2.24) is 15.0 Å². The maximum absolute atomic E-state index is 11.7. The summed E-state index contributed by atoms with van der Waals surface area (Å²) in [6.45, 7) is 4.74. The Balaban J connectivity index is 1.66. The molecule has 2 N–H and O–H groups in total. The van der Waals surface area contributed by atoms with Crippen molar-refractivity contribution < 1.29 is 14.4 Å². The molecule has 1 aliphatic rings. The molecule has 10 nitrogen and oxygen atoms in total. The maximum Gasteiger partial charge on any atom is 0.353 e. The van der Waals surface area contributed by atoms with Gasteiger partial charge in [-0.25, -0.2) is 15.0 Å². The number of benzene rings is 1. The Labute approximate surface area is 163 Å². The van der Waals surface area contributed by atoms with E-state index in [4.69, 9.17) is 9.47 Å². The zero-order valence-electron chi connectivity index (χ0n) is 15.1. The monoisotopic (exact) mass is 400 g/mol. The van der Waals surface area contributed by atoms with Crippen LogP contribution in [0.15, 0.2) is 24.5 Å². The highest BCUT2D eigenvalue weighted by Crippen LogP contribution is 2.37. The predicted molar refractivity (Wildman–Crippen MR) is 104 cm³/mol. The van der Waals surface area contributed by atoms with Crippen molar-refractivity contribution in [2.24, 2.45) is 0 Å². The Morgan fingerprint density at radius 1 is 1.11 bits per heavy atom. The number of anilines is 4. The number of thiazole rings is 1. The molecule has 0 saturated carbocycles. The first-order chi connectivity index (χ1) is 13.5. The number of nitrogens with zero attached hydrogens (tertiary/aromatic N) is 4. The minimum absolute atomic E-state index is 0.0594. The van der Waals surface area contributed by atoms with Gasteiger partial charge >= 0.3 is 5.69 Å². The van der Waals surface area contributed by atoms with Gasteiger partial charge in [-0.05, 0) is 26.0 Å². The van der Waals surface area contributed by atoms with Crippen molar-refractivity contribution >= 4 is 39.5 Å². The molecule has 4 rings (SSSR count). The van der Waals surface area contributed by atoms with Gasteiger partial charge < -0.3 is 20.1 Å². The van der Waals surface area contributed by atoms with E-state index in [2.05, 4.69) is 25.6 Å². The van der Waals surface area contributed by atoms with Crippen LogP contribution in [0.2, 0.25) is 0 Å². The van der Waals surface area contributed by atoms with E-state index in [1.54, 1.807) is 18.2 Å². The number of hydrogen-bond donors (Lipinski definition) is 2. The van der Waals surface area contributed by atoms with Crippen LogP contribution < -0.4 is 20.1 Å². The van der Waals surface area contributed by atoms with Gasteiger partial charge in [-0.2, -0.15) is 0 Å². The SMILES string of the molecule is Cc1nc(Nc2ncnc(Nc3ccc4c(c3)OCCO4)c2[N+](=O)[O-])sc1C. The number of aromatic nitrogens is 3. The summed E-state index contributed by atoms with van der Waals surface area (Å²) in [5.74, 6) is 1.32. The Hall–Kier alpha value is -3.47. The molecule has 0 spiro atoms. The third kappa shape index (κ3) is 3.51. The molecule has 1 aromatic carbocycles. The molecular formula is C17H16N6O4S. The van der Waals surface area contributed by atoms with Crippen LogP contribution in [0.1, 0.15) is 10.6 Å². The molecule has 0 atom stereocenters. The lowest BCUT2D eigenvalue weighted by Gasteiger charge is -2.19. The summed E-state index contributed by atoms with van der Waals surface area (Å²) in [7, 11) is 0. The summed E-state index contributed by atoms with van der Waals surface area (Å²) in [4.78, 5) is 24.6. The second-order valence-corrected chi connectivity index (χ2v) is 7.15. The van der Waals surface area contributed by atoms with Gasteiger partial charge in [0.05, 0.1) is 10.6 Å². The minimum Gasteiger partial charge on any atom is -0.486 e. The molecule has 2 aromatic heterocycles. The molecular weight excluding hydrogens is 384 g/mol. The van der Waals surface area contributed by atoms with Crippen LogP contribution in [-0.4, -0.2) is 33.1 Å². The molecule has 0 unspecified atom stereocenters. The fraction of sp³-hybridized carbons (Fsp3) is 0.235. The van der Waals surface area contributed by atoms with Gasteiger partial charge in [0.1, 0.15) is 19.5 Å². The molecule has 0 bridgehead atoms. The van der Waals surface area contributed by atoms with Crippen LogP contribution in [0.5, 0.6) is 11.5 Å². The van der Waals surface area contributed by atoms with Gasteiger partial charge in [0.25, 0.3) is 0 Å². The van der Waals surface area contributed by atoms with E-state index in [1.807, 2.05) is 13.8 Å². The molecule has 1 aliphatic heterocycles. The number of rotatable bonds is 5. The van der Waals surface area contributed by atoms with E-state index in [1.165, 1.54) is 17.7 Å². The van der Waals surface area contributed by atoms with Crippen molar-refractivity contribution in [2.75, 3.05) is 23.8 Å². The molecule has 3 heterocycles. The van der Waals surface area contributed by atoms with Gasteiger partial charge in [0.15, 0.2) is 16.6 Å². The molecule has 0 aliphatic carbocycles. The third-order valence-corrected chi connectivity index (χ3v) is 5.05. The van der Waals surface area contributed by atoms with Gasteiger partial charge in [-0.1, -0.05) is 0 Å². The molecule has 3 aromatic rings. The summed E-state index contributed by atoms with van der Waals surface area (Å²) >= 11 is 1.40. The fourth-order valence-electron chi connectivity index (χ4n) is 2.62. The van der Waals surface area contributed by atoms with Gasteiger partial charge in [0, 0.05) is 16.6 Å². The first-order valence-corrected chi connectivity index (χ1v) is 9.20. The maximum atomic E-state index is 11.7. The summed E-state index contributed by atoms with van der Waals surface area (Å²) in [6, 6.07) is 5.19. The van der Waals surface area contributed by atoms with E-state index in [0.29, 0.717) is 35.5 Å². The molecule has 0 saturated heterocycles. The highest BCUT2D eigenvalue weighted by atomic mass is 32.1.